The number of ketones is 1. The van der Waals surface area contributed by atoms with Crippen LogP contribution >= 0.6 is 15.9 Å². The quantitative estimate of drug-likeness (QED) is 0.339. The van der Waals surface area contributed by atoms with Gasteiger partial charge in [-0.05, 0) is 39.3 Å². The summed E-state index contributed by atoms with van der Waals surface area (Å²) in [6.45, 7) is 8.05. The lowest BCUT2D eigenvalue weighted by Crippen LogP contribution is -2.78. The van der Waals surface area contributed by atoms with Gasteiger partial charge in [0.15, 0.2) is 11.3 Å². The number of rotatable bonds is 6. The highest BCUT2D eigenvalue weighted by molar-refractivity contribution is 9.10. The van der Waals surface area contributed by atoms with Crippen molar-refractivity contribution in [3.63, 3.8) is 0 Å². The lowest BCUT2D eigenvalue weighted by Gasteiger charge is -2.55. The SMILES string of the molecule is CCCCNC(=O)C1(C(=O)c2ccc(Br)cc2)CC(=O)N1C(C)(C)C. The average Bonchev–Trinajstić information content (AvgIpc) is 2.50. The molecule has 0 aliphatic carbocycles. The second-order valence-electron chi connectivity index (χ2n) is 7.38. The molecular formula is C19H25BrN2O3. The minimum absolute atomic E-state index is 0.0862. The number of hydrogen-bond acceptors (Lipinski definition) is 3. The van der Waals surface area contributed by atoms with E-state index >= 15 is 0 Å². The molecule has 5 nitrogen and oxygen atoms in total. The number of nitrogens with zero attached hydrogens (tertiary/aromatic N) is 1. The molecule has 25 heavy (non-hydrogen) atoms. The first-order valence-electron chi connectivity index (χ1n) is 8.56. The second kappa shape index (κ2) is 7.28. The van der Waals surface area contributed by atoms with Crippen molar-refractivity contribution in [2.45, 2.75) is 58.0 Å². The van der Waals surface area contributed by atoms with Gasteiger partial charge in [-0.3, -0.25) is 14.4 Å². The lowest BCUT2D eigenvalue weighted by molar-refractivity contribution is -0.170. The predicted octanol–water partition coefficient (Wildman–Crippen LogP) is 3.32. The molecule has 1 aliphatic heterocycles. The molecule has 6 heteroatoms. The van der Waals surface area contributed by atoms with E-state index in [0.717, 1.165) is 17.3 Å². The first-order valence-corrected chi connectivity index (χ1v) is 9.35. The van der Waals surface area contributed by atoms with E-state index in [0.29, 0.717) is 12.1 Å². The van der Waals surface area contributed by atoms with Crippen molar-refractivity contribution in [2.75, 3.05) is 6.54 Å². The van der Waals surface area contributed by atoms with Crippen LogP contribution in [0.4, 0.5) is 0 Å². The summed E-state index contributed by atoms with van der Waals surface area (Å²) in [5.74, 6) is -0.893. The molecule has 1 N–H and O–H groups in total. The number of unbranched alkanes of at least 4 members (excludes halogenated alkanes) is 1. The summed E-state index contributed by atoms with van der Waals surface area (Å²) in [6.07, 6.45) is 1.69. The topological polar surface area (TPSA) is 66.5 Å². The number of amides is 2. The number of carbonyl (C=O) groups is 3. The highest BCUT2D eigenvalue weighted by Crippen LogP contribution is 2.41. The molecule has 0 bridgehead atoms. The van der Waals surface area contributed by atoms with E-state index in [9.17, 15) is 14.4 Å². The van der Waals surface area contributed by atoms with Crippen LogP contribution in [0.25, 0.3) is 0 Å². The van der Waals surface area contributed by atoms with Crippen LogP contribution in [0.15, 0.2) is 28.7 Å². The Balaban J connectivity index is 2.42. The van der Waals surface area contributed by atoms with E-state index in [-0.39, 0.29) is 24.0 Å². The Labute approximate surface area is 157 Å². The van der Waals surface area contributed by atoms with Gasteiger partial charge < -0.3 is 10.2 Å². The summed E-state index contributed by atoms with van der Waals surface area (Å²) >= 11 is 3.35. The molecule has 0 saturated carbocycles. The molecule has 1 heterocycles. The van der Waals surface area contributed by atoms with Gasteiger partial charge in [-0.1, -0.05) is 41.4 Å². The third-order valence-corrected chi connectivity index (χ3v) is 4.91. The normalized spacial score (nSPS) is 20.2. The molecule has 0 radical (unpaired) electrons. The van der Waals surface area contributed by atoms with Crippen LogP contribution in [0.3, 0.4) is 0 Å². The van der Waals surface area contributed by atoms with Crippen LogP contribution in [0.1, 0.15) is 57.3 Å². The molecule has 1 aromatic carbocycles. The van der Waals surface area contributed by atoms with Crippen molar-refractivity contribution >= 4 is 33.5 Å². The van der Waals surface area contributed by atoms with Crippen molar-refractivity contribution < 1.29 is 14.4 Å². The molecule has 1 aliphatic rings. The first-order chi connectivity index (χ1) is 11.6. The smallest absolute Gasteiger partial charge is 0.254 e. The van der Waals surface area contributed by atoms with Crippen LogP contribution in [-0.4, -0.2) is 40.1 Å². The van der Waals surface area contributed by atoms with Crippen LogP contribution in [0.5, 0.6) is 0 Å². The molecule has 1 saturated heterocycles. The molecule has 1 fully saturated rings. The zero-order valence-electron chi connectivity index (χ0n) is 15.2. The number of nitrogens with one attached hydrogen (secondary N) is 1. The Morgan fingerprint density at radius 1 is 1.24 bits per heavy atom. The molecule has 2 rings (SSSR count). The molecule has 0 aromatic heterocycles. The number of Topliss-reactive ketones (excluding diaryl/α,β-unsaturated/α-hetero) is 1. The first kappa shape index (κ1) is 19.6. The number of benzene rings is 1. The highest BCUT2D eigenvalue weighted by Gasteiger charge is 2.64. The van der Waals surface area contributed by atoms with E-state index < -0.39 is 11.1 Å². The lowest BCUT2D eigenvalue weighted by atomic mass is 9.73. The molecule has 1 atom stereocenters. The maximum Gasteiger partial charge on any atom is 0.254 e. The number of halogens is 1. The fourth-order valence-corrected chi connectivity index (χ4v) is 3.54. The van der Waals surface area contributed by atoms with Crippen molar-refractivity contribution in [1.82, 2.24) is 10.2 Å². The van der Waals surface area contributed by atoms with Crippen molar-refractivity contribution in [2.24, 2.45) is 0 Å². The summed E-state index contributed by atoms with van der Waals surface area (Å²) in [5.41, 5.74) is -1.66. The van der Waals surface area contributed by atoms with Crippen molar-refractivity contribution in [1.29, 1.82) is 0 Å². The van der Waals surface area contributed by atoms with Crippen molar-refractivity contribution in [3.8, 4) is 0 Å². The highest BCUT2D eigenvalue weighted by atomic mass is 79.9. The van der Waals surface area contributed by atoms with Gasteiger partial charge in [0.05, 0.1) is 6.42 Å². The number of likely N-dealkylation sites (tertiary alicyclic amines) is 1. The van der Waals surface area contributed by atoms with E-state index in [1.165, 1.54) is 4.90 Å². The second-order valence-corrected chi connectivity index (χ2v) is 8.30. The fraction of sp³-hybridized carbons (Fsp3) is 0.526. The van der Waals surface area contributed by atoms with E-state index in [1.54, 1.807) is 24.3 Å². The minimum Gasteiger partial charge on any atom is -0.354 e. The van der Waals surface area contributed by atoms with Gasteiger partial charge in [0, 0.05) is 22.1 Å². The fourth-order valence-electron chi connectivity index (χ4n) is 3.28. The van der Waals surface area contributed by atoms with Crippen molar-refractivity contribution in [3.05, 3.63) is 34.3 Å². The standard InChI is InChI=1S/C19H25BrN2O3/c1-5-6-11-21-17(25)19(12-15(23)22(19)18(2,3)4)16(24)13-7-9-14(20)10-8-13/h7-10H,5-6,11-12H2,1-4H3,(H,21,25). The summed E-state index contributed by atoms with van der Waals surface area (Å²) in [5, 5.41) is 2.85. The summed E-state index contributed by atoms with van der Waals surface area (Å²) < 4.78 is 0.850. The largest absolute Gasteiger partial charge is 0.354 e. The Morgan fingerprint density at radius 2 is 1.84 bits per heavy atom. The monoisotopic (exact) mass is 408 g/mol. The van der Waals surface area contributed by atoms with Crippen LogP contribution < -0.4 is 5.32 Å². The molecular weight excluding hydrogens is 384 g/mol. The van der Waals surface area contributed by atoms with Crippen LogP contribution in [0.2, 0.25) is 0 Å². The van der Waals surface area contributed by atoms with E-state index in [2.05, 4.69) is 21.2 Å². The van der Waals surface area contributed by atoms with E-state index in [1.807, 2.05) is 27.7 Å². The summed E-state index contributed by atoms with van der Waals surface area (Å²) in [4.78, 5) is 40.0. The Kier molecular flexibility index (Phi) is 5.72. The Hall–Kier alpha value is -1.69. The zero-order valence-corrected chi connectivity index (χ0v) is 16.8. The van der Waals surface area contributed by atoms with Gasteiger partial charge in [-0.2, -0.15) is 0 Å². The van der Waals surface area contributed by atoms with Crippen LogP contribution in [0, 0.1) is 0 Å². The maximum atomic E-state index is 13.3. The third kappa shape index (κ3) is 3.64. The number of carbonyl (C=O) groups excluding carboxylic acids is 3. The Bertz CT molecular complexity index is 679. The molecule has 2 amide bonds. The van der Waals surface area contributed by atoms with Gasteiger partial charge >= 0.3 is 0 Å². The number of hydrogen-bond donors (Lipinski definition) is 1. The van der Waals surface area contributed by atoms with Gasteiger partial charge in [-0.15, -0.1) is 0 Å². The van der Waals surface area contributed by atoms with Gasteiger partial charge in [0.25, 0.3) is 5.91 Å². The maximum absolute atomic E-state index is 13.3. The predicted molar refractivity (Wildman–Crippen MR) is 100 cm³/mol. The molecule has 0 spiro atoms. The molecule has 1 unspecified atom stereocenters. The average molecular weight is 409 g/mol. The molecule has 136 valence electrons. The molecule has 1 aromatic rings. The zero-order chi connectivity index (χ0) is 18.8. The van der Waals surface area contributed by atoms with Crippen LogP contribution in [-0.2, 0) is 9.59 Å². The van der Waals surface area contributed by atoms with Gasteiger partial charge in [-0.25, -0.2) is 0 Å². The van der Waals surface area contributed by atoms with E-state index in [4.69, 9.17) is 0 Å². The van der Waals surface area contributed by atoms with Gasteiger partial charge in [0.1, 0.15) is 0 Å². The Morgan fingerprint density at radius 3 is 2.32 bits per heavy atom. The summed E-state index contributed by atoms with van der Waals surface area (Å²) in [6, 6.07) is 6.88. The van der Waals surface area contributed by atoms with Gasteiger partial charge in [0.2, 0.25) is 5.91 Å². The third-order valence-electron chi connectivity index (χ3n) is 4.38. The number of β-lactam (4-membered cyclic amide) rings is 1. The summed E-state index contributed by atoms with van der Waals surface area (Å²) in [7, 11) is 0. The minimum atomic E-state index is -1.46.